The number of halogens is 1. The van der Waals surface area contributed by atoms with Gasteiger partial charge in [-0.25, -0.2) is 14.2 Å². The highest BCUT2D eigenvalue weighted by Gasteiger charge is 2.16. The first kappa shape index (κ1) is 14.0. The lowest BCUT2D eigenvalue weighted by Gasteiger charge is -2.14. The Bertz CT molecular complexity index is 581. The van der Waals surface area contributed by atoms with E-state index in [9.17, 15) is 9.18 Å². The van der Waals surface area contributed by atoms with Gasteiger partial charge < -0.3 is 10.6 Å². The van der Waals surface area contributed by atoms with E-state index in [0.717, 1.165) is 0 Å². The number of aryl methyl sites for hydroxylation is 1. The summed E-state index contributed by atoms with van der Waals surface area (Å²) in [5.74, 6) is 0.886. The lowest BCUT2D eigenvalue weighted by atomic mass is 10.2. The highest BCUT2D eigenvalue weighted by molar-refractivity contribution is 5.89. The molecule has 2 rings (SSSR count). The number of hydrogen-bond donors (Lipinski definition) is 3. The first-order valence-corrected chi connectivity index (χ1v) is 6.30. The van der Waals surface area contributed by atoms with E-state index >= 15 is 0 Å². The summed E-state index contributed by atoms with van der Waals surface area (Å²) in [7, 11) is 0. The summed E-state index contributed by atoms with van der Waals surface area (Å²) in [4.78, 5) is 16.1. The van der Waals surface area contributed by atoms with E-state index in [1.165, 1.54) is 24.3 Å². The van der Waals surface area contributed by atoms with Crippen molar-refractivity contribution in [2.75, 3.05) is 5.32 Å². The van der Waals surface area contributed by atoms with E-state index < -0.39 is 0 Å². The Morgan fingerprint density at radius 3 is 2.65 bits per heavy atom. The van der Waals surface area contributed by atoms with Crippen LogP contribution >= 0.6 is 0 Å². The molecule has 0 fully saturated rings. The predicted octanol–water partition coefficient (Wildman–Crippen LogP) is 2.53. The van der Waals surface area contributed by atoms with Crippen molar-refractivity contribution in [1.82, 2.24) is 20.5 Å². The smallest absolute Gasteiger partial charge is 0.319 e. The molecule has 0 radical (unpaired) electrons. The summed E-state index contributed by atoms with van der Waals surface area (Å²) in [5, 5.41) is 12.2. The number of carbonyl (C=O) groups is 1. The van der Waals surface area contributed by atoms with E-state index in [-0.39, 0.29) is 17.9 Å². The van der Waals surface area contributed by atoms with Crippen molar-refractivity contribution < 1.29 is 9.18 Å². The average Bonchev–Trinajstić information content (AvgIpc) is 2.85. The third-order valence-corrected chi connectivity index (χ3v) is 2.74. The summed E-state index contributed by atoms with van der Waals surface area (Å²) in [6.07, 6.45) is 0.661. The number of anilines is 1. The van der Waals surface area contributed by atoms with Crippen LogP contribution in [0, 0.1) is 12.7 Å². The normalized spacial score (nSPS) is 11.9. The number of nitrogens with one attached hydrogen (secondary N) is 3. The fourth-order valence-corrected chi connectivity index (χ4v) is 1.72. The zero-order chi connectivity index (χ0) is 14.5. The van der Waals surface area contributed by atoms with Crippen molar-refractivity contribution in [2.24, 2.45) is 0 Å². The Hall–Kier alpha value is -2.44. The van der Waals surface area contributed by atoms with Crippen molar-refractivity contribution in [2.45, 2.75) is 26.3 Å². The molecule has 1 atom stereocenters. The van der Waals surface area contributed by atoms with Gasteiger partial charge in [0, 0.05) is 5.69 Å². The van der Waals surface area contributed by atoms with Crippen molar-refractivity contribution in [3.05, 3.63) is 41.7 Å². The summed E-state index contributed by atoms with van der Waals surface area (Å²) >= 11 is 0. The molecule has 0 saturated carbocycles. The van der Waals surface area contributed by atoms with Gasteiger partial charge in [0.15, 0.2) is 5.82 Å². The van der Waals surface area contributed by atoms with Crippen LogP contribution < -0.4 is 10.6 Å². The first-order chi connectivity index (χ1) is 9.58. The quantitative estimate of drug-likeness (QED) is 0.803. The molecule has 2 aromatic rings. The van der Waals surface area contributed by atoms with Gasteiger partial charge in [0.25, 0.3) is 0 Å². The molecule has 6 nitrogen and oxygen atoms in total. The first-order valence-electron chi connectivity index (χ1n) is 6.30. The van der Waals surface area contributed by atoms with Crippen molar-refractivity contribution in [1.29, 1.82) is 0 Å². The number of aromatic amines is 1. The fraction of sp³-hybridized carbons (Fsp3) is 0.308. The average molecular weight is 277 g/mol. The lowest BCUT2D eigenvalue weighted by molar-refractivity contribution is 0.247. The number of benzene rings is 1. The molecular formula is C13H16FN5O. The van der Waals surface area contributed by atoms with Crippen LogP contribution in [0.3, 0.4) is 0 Å². The third-order valence-electron chi connectivity index (χ3n) is 2.74. The molecule has 1 heterocycles. The maximum atomic E-state index is 12.8. The Kier molecular flexibility index (Phi) is 4.29. The highest BCUT2D eigenvalue weighted by atomic mass is 19.1. The van der Waals surface area contributed by atoms with E-state index in [4.69, 9.17) is 0 Å². The van der Waals surface area contributed by atoms with Gasteiger partial charge in [-0.2, -0.15) is 5.10 Å². The van der Waals surface area contributed by atoms with E-state index in [2.05, 4.69) is 25.8 Å². The van der Waals surface area contributed by atoms with Gasteiger partial charge in [0.05, 0.1) is 6.04 Å². The van der Waals surface area contributed by atoms with E-state index in [1.807, 2.05) is 6.92 Å². The third kappa shape index (κ3) is 3.53. The van der Waals surface area contributed by atoms with E-state index in [0.29, 0.717) is 23.8 Å². The molecule has 0 saturated heterocycles. The van der Waals surface area contributed by atoms with Gasteiger partial charge in [0.2, 0.25) is 0 Å². The standard InChI is InChI=1S/C13H16FN5O/c1-3-11(12-15-8(2)18-19-12)17-13(20)16-10-6-4-9(14)5-7-10/h4-7,11H,3H2,1-2H3,(H,15,18,19)(H2,16,17,20)/t11-/m0/s1. The van der Waals surface area contributed by atoms with Crippen molar-refractivity contribution in [3.8, 4) is 0 Å². The Labute approximate surface area is 115 Å². The van der Waals surface area contributed by atoms with Crippen LogP contribution in [0.15, 0.2) is 24.3 Å². The molecule has 7 heteroatoms. The summed E-state index contributed by atoms with van der Waals surface area (Å²) < 4.78 is 12.8. The number of hydrogen-bond acceptors (Lipinski definition) is 3. The molecular weight excluding hydrogens is 261 g/mol. The summed E-state index contributed by atoms with van der Waals surface area (Å²) in [5.41, 5.74) is 0.518. The minimum atomic E-state index is -0.383. The van der Waals surface area contributed by atoms with Crippen LogP contribution in [0.25, 0.3) is 0 Å². The molecule has 1 aromatic heterocycles. The van der Waals surface area contributed by atoms with Gasteiger partial charge >= 0.3 is 6.03 Å². The van der Waals surface area contributed by atoms with E-state index in [1.54, 1.807) is 6.92 Å². The number of nitrogens with zero attached hydrogens (tertiary/aromatic N) is 2. The van der Waals surface area contributed by atoms with Crippen LogP contribution in [0.4, 0.5) is 14.9 Å². The SMILES string of the molecule is CC[C@H](NC(=O)Nc1ccc(F)cc1)c1n[nH]c(C)n1. The maximum Gasteiger partial charge on any atom is 0.319 e. The molecule has 0 aliphatic carbocycles. The second kappa shape index (κ2) is 6.14. The van der Waals surface area contributed by atoms with Gasteiger partial charge in [-0.15, -0.1) is 0 Å². The molecule has 0 spiro atoms. The van der Waals surface area contributed by atoms with Crippen molar-refractivity contribution in [3.63, 3.8) is 0 Å². The Balaban J connectivity index is 1.97. The zero-order valence-electron chi connectivity index (χ0n) is 11.3. The topological polar surface area (TPSA) is 82.7 Å². The Morgan fingerprint density at radius 2 is 2.10 bits per heavy atom. The number of H-pyrrole nitrogens is 1. The van der Waals surface area contributed by atoms with Gasteiger partial charge in [0.1, 0.15) is 11.6 Å². The minimum Gasteiger partial charge on any atom is -0.328 e. The molecule has 1 aromatic carbocycles. The molecule has 3 N–H and O–H groups in total. The van der Waals surface area contributed by atoms with Crippen LogP contribution in [0.2, 0.25) is 0 Å². The maximum absolute atomic E-state index is 12.8. The molecule has 0 aliphatic heterocycles. The van der Waals surface area contributed by atoms with Crippen molar-refractivity contribution >= 4 is 11.7 Å². The monoisotopic (exact) mass is 277 g/mol. The molecule has 106 valence electrons. The molecule has 2 amide bonds. The number of aromatic nitrogens is 3. The van der Waals surface area contributed by atoms with Crippen LogP contribution in [-0.2, 0) is 0 Å². The van der Waals surface area contributed by atoms with Crippen LogP contribution in [0.1, 0.15) is 31.0 Å². The number of rotatable bonds is 4. The second-order valence-electron chi connectivity index (χ2n) is 4.35. The number of amides is 2. The molecule has 0 aliphatic rings. The number of carbonyl (C=O) groups excluding carboxylic acids is 1. The predicted molar refractivity (Wildman–Crippen MR) is 72.7 cm³/mol. The fourth-order valence-electron chi connectivity index (χ4n) is 1.72. The molecule has 20 heavy (non-hydrogen) atoms. The molecule has 0 bridgehead atoms. The summed E-state index contributed by atoms with van der Waals surface area (Å²) in [6.45, 7) is 3.72. The summed E-state index contributed by atoms with van der Waals surface area (Å²) in [6, 6.07) is 4.89. The van der Waals surface area contributed by atoms with Gasteiger partial charge in [-0.05, 0) is 37.6 Å². The van der Waals surface area contributed by atoms with Crippen LogP contribution in [0.5, 0.6) is 0 Å². The van der Waals surface area contributed by atoms with Gasteiger partial charge in [-0.1, -0.05) is 6.92 Å². The highest BCUT2D eigenvalue weighted by Crippen LogP contribution is 2.13. The van der Waals surface area contributed by atoms with Crippen LogP contribution in [-0.4, -0.2) is 21.2 Å². The minimum absolute atomic E-state index is 0.277. The lowest BCUT2D eigenvalue weighted by Crippen LogP contribution is -2.32. The molecule has 0 unspecified atom stereocenters. The largest absolute Gasteiger partial charge is 0.328 e. The number of urea groups is 1. The Morgan fingerprint density at radius 1 is 1.40 bits per heavy atom. The van der Waals surface area contributed by atoms with Gasteiger partial charge in [-0.3, -0.25) is 5.10 Å². The second-order valence-corrected chi connectivity index (χ2v) is 4.35. The zero-order valence-corrected chi connectivity index (χ0v) is 11.3.